The van der Waals surface area contributed by atoms with E-state index in [-0.39, 0.29) is 23.4 Å². The summed E-state index contributed by atoms with van der Waals surface area (Å²) >= 11 is 0. The van der Waals surface area contributed by atoms with E-state index in [1.807, 2.05) is 38.1 Å². The molecule has 34 heavy (non-hydrogen) atoms. The SMILES string of the molecule is COc1cc(OC)c([C@H]2C(C#N)=C(N)Oc3n[nH]c(-c4ccc(OC(C)C)cc4)c32)cc1OC. The lowest BCUT2D eigenvalue weighted by molar-refractivity contribution is 0.242. The Bertz CT molecular complexity index is 1270. The maximum Gasteiger partial charge on any atom is 0.244 e. The van der Waals surface area contributed by atoms with E-state index in [1.54, 1.807) is 33.5 Å². The number of fused-ring (bicyclic) bond motifs is 1. The number of nitrogens with zero attached hydrogens (tertiary/aromatic N) is 2. The molecule has 3 aromatic rings. The molecule has 0 radical (unpaired) electrons. The number of H-pyrrole nitrogens is 1. The Balaban J connectivity index is 1.91. The smallest absolute Gasteiger partial charge is 0.244 e. The van der Waals surface area contributed by atoms with Crippen LogP contribution in [-0.2, 0) is 0 Å². The number of hydrogen-bond acceptors (Lipinski definition) is 8. The second-order valence-electron chi connectivity index (χ2n) is 7.88. The van der Waals surface area contributed by atoms with E-state index in [4.69, 9.17) is 29.4 Å². The van der Waals surface area contributed by atoms with Gasteiger partial charge in [-0.3, -0.25) is 5.10 Å². The minimum atomic E-state index is -0.621. The number of benzene rings is 2. The molecule has 0 amide bonds. The molecule has 9 nitrogen and oxygen atoms in total. The van der Waals surface area contributed by atoms with Crippen molar-refractivity contribution in [1.82, 2.24) is 10.2 Å². The van der Waals surface area contributed by atoms with Crippen LogP contribution in [0, 0.1) is 11.3 Å². The molecule has 0 saturated carbocycles. The van der Waals surface area contributed by atoms with E-state index < -0.39 is 5.92 Å². The fraction of sp³-hybridized carbons (Fsp3) is 0.280. The number of nitrogens with two attached hydrogens (primary N) is 1. The zero-order valence-electron chi connectivity index (χ0n) is 19.6. The first-order valence-electron chi connectivity index (χ1n) is 10.6. The summed E-state index contributed by atoms with van der Waals surface area (Å²) in [7, 11) is 4.64. The highest BCUT2D eigenvalue weighted by molar-refractivity contribution is 5.72. The first-order valence-corrected chi connectivity index (χ1v) is 10.6. The average molecular weight is 463 g/mol. The summed E-state index contributed by atoms with van der Waals surface area (Å²) in [5.41, 5.74) is 9.22. The second kappa shape index (κ2) is 9.27. The van der Waals surface area contributed by atoms with Crippen molar-refractivity contribution in [2.24, 2.45) is 5.73 Å². The highest BCUT2D eigenvalue weighted by atomic mass is 16.5. The third kappa shape index (κ3) is 3.94. The predicted octanol–water partition coefficient (Wildman–Crippen LogP) is 4.11. The number of methoxy groups -OCH3 is 3. The molecule has 0 spiro atoms. The lowest BCUT2D eigenvalue weighted by Crippen LogP contribution is -2.21. The van der Waals surface area contributed by atoms with Crippen LogP contribution in [0.5, 0.6) is 28.9 Å². The monoisotopic (exact) mass is 462 g/mol. The maximum absolute atomic E-state index is 10.0. The largest absolute Gasteiger partial charge is 0.496 e. The van der Waals surface area contributed by atoms with E-state index in [9.17, 15) is 5.26 Å². The zero-order valence-corrected chi connectivity index (χ0v) is 19.6. The van der Waals surface area contributed by atoms with Crippen molar-refractivity contribution in [3.63, 3.8) is 0 Å². The van der Waals surface area contributed by atoms with Crippen LogP contribution in [0.1, 0.15) is 30.9 Å². The van der Waals surface area contributed by atoms with Crippen LogP contribution in [0.25, 0.3) is 11.3 Å². The molecule has 4 rings (SSSR count). The Kier molecular flexibility index (Phi) is 6.23. The van der Waals surface area contributed by atoms with Crippen molar-refractivity contribution < 1.29 is 23.7 Å². The highest BCUT2D eigenvalue weighted by Gasteiger charge is 2.37. The number of aromatic amines is 1. The quantitative estimate of drug-likeness (QED) is 0.537. The van der Waals surface area contributed by atoms with Gasteiger partial charge in [0.15, 0.2) is 11.5 Å². The Morgan fingerprint density at radius 3 is 2.26 bits per heavy atom. The minimum Gasteiger partial charge on any atom is -0.496 e. The summed E-state index contributed by atoms with van der Waals surface area (Å²) in [4.78, 5) is 0. The number of hydrogen-bond donors (Lipinski definition) is 2. The molecule has 2 heterocycles. The summed E-state index contributed by atoms with van der Waals surface area (Å²) in [6, 6.07) is 13.3. The van der Waals surface area contributed by atoms with Crippen LogP contribution in [-0.4, -0.2) is 37.6 Å². The Morgan fingerprint density at radius 2 is 1.68 bits per heavy atom. The van der Waals surface area contributed by atoms with Crippen molar-refractivity contribution in [2.75, 3.05) is 21.3 Å². The van der Waals surface area contributed by atoms with Crippen molar-refractivity contribution >= 4 is 0 Å². The van der Waals surface area contributed by atoms with Crippen LogP contribution >= 0.6 is 0 Å². The Labute approximate surface area is 197 Å². The van der Waals surface area contributed by atoms with Gasteiger partial charge in [0.05, 0.1) is 44.6 Å². The third-order valence-corrected chi connectivity index (χ3v) is 5.50. The molecule has 0 bridgehead atoms. The standard InChI is InChI=1S/C25H26N4O5/c1-13(2)33-15-8-6-14(7-9-15)23-22-21(17(12-26)24(27)34-25(22)29-28-23)16-10-19(31-4)20(32-5)11-18(16)30-3/h6-11,13,21H,27H2,1-5H3,(H,28,29)/t21-/m0/s1. The van der Waals surface area contributed by atoms with Gasteiger partial charge in [0, 0.05) is 17.2 Å². The van der Waals surface area contributed by atoms with Crippen molar-refractivity contribution in [3.8, 4) is 46.2 Å². The number of nitriles is 1. The molecule has 1 atom stereocenters. The van der Waals surface area contributed by atoms with Gasteiger partial charge in [-0.1, -0.05) is 0 Å². The van der Waals surface area contributed by atoms with Crippen LogP contribution < -0.4 is 29.4 Å². The van der Waals surface area contributed by atoms with E-state index in [2.05, 4.69) is 16.3 Å². The minimum absolute atomic E-state index is 0.0180. The number of nitrogens with one attached hydrogen (secondary N) is 1. The van der Waals surface area contributed by atoms with Crippen LogP contribution in [0.15, 0.2) is 47.9 Å². The van der Waals surface area contributed by atoms with Crippen LogP contribution in [0.4, 0.5) is 0 Å². The van der Waals surface area contributed by atoms with Gasteiger partial charge in [0.1, 0.15) is 23.1 Å². The molecule has 0 saturated heterocycles. The molecule has 2 aromatic carbocycles. The van der Waals surface area contributed by atoms with E-state index in [0.29, 0.717) is 34.1 Å². The molecule has 1 aliphatic rings. The summed E-state index contributed by atoms with van der Waals surface area (Å²) in [5.74, 6) is 1.89. The summed E-state index contributed by atoms with van der Waals surface area (Å²) in [5, 5.41) is 17.4. The van der Waals surface area contributed by atoms with Gasteiger partial charge in [-0.25, -0.2) is 0 Å². The summed E-state index contributed by atoms with van der Waals surface area (Å²) < 4.78 is 28.1. The van der Waals surface area contributed by atoms with Crippen LogP contribution in [0.2, 0.25) is 0 Å². The van der Waals surface area contributed by atoms with Gasteiger partial charge in [0.2, 0.25) is 11.8 Å². The van der Waals surface area contributed by atoms with E-state index >= 15 is 0 Å². The topological polar surface area (TPSA) is 125 Å². The lowest BCUT2D eigenvalue weighted by Gasteiger charge is -2.26. The molecular formula is C25H26N4O5. The lowest BCUT2D eigenvalue weighted by atomic mass is 9.82. The predicted molar refractivity (Wildman–Crippen MR) is 125 cm³/mol. The Morgan fingerprint density at radius 1 is 1.03 bits per heavy atom. The average Bonchev–Trinajstić information content (AvgIpc) is 3.25. The molecule has 1 aromatic heterocycles. The first kappa shape index (κ1) is 22.9. The first-order chi connectivity index (χ1) is 16.4. The number of rotatable bonds is 7. The molecule has 1 aliphatic heterocycles. The Hall–Kier alpha value is -4.32. The van der Waals surface area contributed by atoms with Gasteiger partial charge >= 0.3 is 0 Å². The van der Waals surface area contributed by atoms with Gasteiger partial charge in [0.25, 0.3) is 0 Å². The van der Waals surface area contributed by atoms with E-state index in [1.165, 1.54) is 0 Å². The molecule has 9 heteroatoms. The molecule has 0 unspecified atom stereocenters. The maximum atomic E-state index is 10.0. The fourth-order valence-electron chi connectivity index (χ4n) is 4.03. The number of allylic oxidation sites excluding steroid dienone is 1. The molecule has 0 aliphatic carbocycles. The number of ether oxygens (including phenoxy) is 5. The normalized spacial score (nSPS) is 14.8. The molecule has 3 N–H and O–H groups in total. The van der Waals surface area contributed by atoms with Gasteiger partial charge in [-0.15, -0.1) is 5.10 Å². The van der Waals surface area contributed by atoms with Gasteiger partial charge in [-0.05, 0) is 44.2 Å². The van der Waals surface area contributed by atoms with Gasteiger partial charge in [-0.2, -0.15) is 5.26 Å². The van der Waals surface area contributed by atoms with Crippen molar-refractivity contribution in [1.29, 1.82) is 5.26 Å². The number of aromatic nitrogens is 2. The van der Waals surface area contributed by atoms with Crippen molar-refractivity contribution in [2.45, 2.75) is 25.9 Å². The second-order valence-corrected chi connectivity index (χ2v) is 7.88. The summed E-state index contributed by atoms with van der Waals surface area (Å²) in [6.07, 6.45) is 0.0624. The van der Waals surface area contributed by atoms with Gasteiger partial charge < -0.3 is 29.4 Å². The highest BCUT2D eigenvalue weighted by Crippen LogP contribution is 2.50. The molecular weight excluding hydrogens is 436 g/mol. The summed E-state index contributed by atoms with van der Waals surface area (Å²) in [6.45, 7) is 3.94. The van der Waals surface area contributed by atoms with Crippen molar-refractivity contribution in [3.05, 3.63) is 59.0 Å². The van der Waals surface area contributed by atoms with Crippen LogP contribution in [0.3, 0.4) is 0 Å². The van der Waals surface area contributed by atoms with E-state index in [0.717, 1.165) is 11.3 Å². The molecule has 176 valence electrons. The third-order valence-electron chi connectivity index (χ3n) is 5.50. The zero-order chi connectivity index (χ0) is 24.4. The molecule has 0 fully saturated rings. The fourth-order valence-corrected chi connectivity index (χ4v) is 4.03.